The molecular formula is C19H34N2+2. The van der Waals surface area contributed by atoms with Crippen molar-refractivity contribution in [1.82, 2.24) is 0 Å². The Morgan fingerprint density at radius 2 is 1.57 bits per heavy atom. The first kappa shape index (κ1) is 14.3. The van der Waals surface area contributed by atoms with Crippen LogP contribution >= 0.6 is 0 Å². The Morgan fingerprint density at radius 3 is 2.19 bits per heavy atom. The SMILES string of the molecule is C1=CC2CC1CC2C[NH+]1CC[NH+](C2CCCCCC2)CC1. The molecule has 3 unspecified atom stereocenters. The largest absolute Gasteiger partial charge is 0.325 e. The number of rotatable bonds is 3. The molecule has 0 radical (unpaired) electrons. The van der Waals surface area contributed by atoms with Gasteiger partial charge in [0.15, 0.2) is 0 Å². The van der Waals surface area contributed by atoms with Crippen LogP contribution in [0.25, 0.3) is 0 Å². The van der Waals surface area contributed by atoms with Gasteiger partial charge in [-0.2, -0.15) is 0 Å². The van der Waals surface area contributed by atoms with Gasteiger partial charge in [-0.1, -0.05) is 25.0 Å². The van der Waals surface area contributed by atoms with Gasteiger partial charge in [0.25, 0.3) is 0 Å². The van der Waals surface area contributed by atoms with Crippen LogP contribution < -0.4 is 9.80 Å². The van der Waals surface area contributed by atoms with E-state index in [4.69, 9.17) is 0 Å². The lowest BCUT2D eigenvalue weighted by molar-refractivity contribution is -1.02. The van der Waals surface area contributed by atoms with E-state index in [1.54, 1.807) is 0 Å². The first-order valence-corrected chi connectivity index (χ1v) is 9.75. The highest BCUT2D eigenvalue weighted by molar-refractivity contribution is 5.09. The topological polar surface area (TPSA) is 8.88 Å². The van der Waals surface area contributed by atoms with Crippen molar-refractivity contribution in [3.63, 3.8) is 0 Å². The zero-order valence-corrected chi connectivity index (χ0v) is 13.7. The van der Waals surface area contributed by atoms with Gasteiger partial charge < -0.3 is 9.80 Å². The maximum atomic E-state index is 2.53. The van der Waals surface area contributed by atoms with Crippen LogP contribution in [0.3, 0.4) is 0 Å². The van der Waals surface area contributed by atoms with E-state index in [0.29, 0.717) is 0 Å². The third-order valence-corrected chi connectivity index (χ3v) is 7.00. The van der Waals surface area contributed by atoms with E-state index in [2.05, 4.69) is 12.2 Å². The fraction of sp³-hybridized carbons (Fsp3) is 0.895. The molecule has 0 aromatic heterocycles. The average Bonchev–Trinajstić information content (AvgIpc) is 3.02. The number of hydrogen-bond donors (Lipinski definition) is 2. The molecular weight excluding hydrogens is 256 g/mol. The van der Waals surface area contributed by atoms with Gasteiger partial charge in [-0.05, 0) is 50.4 Å². The minimum absolute atomic E-state index is 0.953. The van der Waals surface area contributed by atoms with Crippen LogP contribution in [-0.2, 0) is 0 Å². The number of piperazine rings is 1. The van der Waals surface area contributed by atoms with Crippen LogP contribution in [0.15, 0.2) is 12.2 Å². The number of allylic oxidation sites excluding steroid dienone is 2. The predicted octanol–water partition coefficient (Wildman–Crippen LogP) is 0.705. The summed E-state index contributed by atoms with van der Waals surface area (Å²) >= 11 is 0. The quantitative estimate of drug-likeness (QED) is 0.559. The monoisotopic (exact) mass is 290 g/mol. The summed E-state index contributed by atoms with van der Waals surface area (Å²) < 4.78 is 0. The minimum atomic E-state index is 0.953. The lowest BCUT2D eigenvalue weighted by atomic mass is 9.93. The highest BCUT2D eigenvalue weighted by atomic mass is 15.3. The highest BCUT2D eigenvalue weighted by Crippen LogP contribution is 2.42. The van der Waals surface area contributed by atoms with Gasteiger partial charge in [-0.3, -0.25) is 0 Å². The van der Waals surface area contributed by atoms with Crippen molar-refractivity contribution in [1.29, 1.82) is 0 Å². The lowest BCUT2D eigenvalue weighted by Crippen LogP contribution is -3.29. The highest BCUT2D eigenvalue weighted by Gasteiger charge is 2.39. The van der Waals surface area contributed by atoms with E-state index in [9.17, 15) is 0 Å². The van der Waals surface area contributed by atoms with Gasteiger partial charge in [0.2, 0.25) is 0 Å². The molecule has 0 spiro atoms. The standard InChI is InChI=1S/C19H32N2/c1-2-4-6-19(5-3-1)21-11-9-20(10-12-21)15-18-14-16-7-8-17(18)13-16/h7-8,16-19H,1-6,9-15H2/p+2. The molecule has 1 saturated heterocycles. The second kappa shape index (κ2) is 6.42. The van der Waals surface area contributed by atoms with Crippen molar-refractivity contribution in [2.75, 3.05) is 32.7 Å². The van der Waals surface area contributed by atoms with Crippen LogP contribution in [-0.4, -0.2) is 38.8 Å². The molecule has 3 aliphatic carbocycles. The molecule has 0 aromatic rings. The fourth-order valence-corrected chi connectivity index (χ4v) is 5.72. The third kappa shape index (κ3) is 3.22. The second-order valence-electron chi connectivity index (χ2n) is 8.34. The van der Waals surface area contributed by atoms with Crippen molar-refractivity contribution >= 4 is 0 Å². The Hall–Kier alpha value is -0.340. The van der Waals surface area contributed by atoms with Gasteiger partial charge in [-0.25, -0.2) is 0 Å². The normalized spacial score (nSPS) is 44.1. The molecule has 1 heterocycles. The molecule has 0 aromatic carbocycles. The molecule has 4 aliphatic rings. The second-order valence-corrected chi connectivity index (χ2v) is 8.34. The van der Waals surface area contributed by atoms with Crippen LogP contribution in [0.5, 0.6) is 0 Å². The molecule has 2 bridgehead atoms. The van der Waals surface area contributed by atoms with Gasteiger partial charge >= 0.3 is 0 Å². The summed E-state index contributed by atoms with van der Waals surface area (Å²) in [6.07, 6.45) is 17.0. The minimum Gasteiger partial charge on any atom is -0.325 e. The van der Waals surface area contributed by atoms with E-state index >= 15 is 0 Å². The Labute approximate surface area is 130 Å². The first-order chi connectivity index (χ1) is 10.4. The van der Waals surface area contributed by atoms with Crippen molar-refractivity contribution in [2.24, 2.45) is 17.8 Å². The fourth-order valence-electron chi connectivity index (χ4n) is 5.72. The molecule has 3 fully saturated rings. The van der Waals surface area contributed by atoms with Crippen LogP contribution in [0.2, 0.25) is 0 Å². The number of quaternary nitrogens is 2. The molecule has 3 atom stereocenters. The molecule has 2 saturated carbocycles. The van der Waals surface area contributed by atoms with Crippen molar-refractivity contribution < 1.29 is 9.80 Å². The van der Waals surface area contributed by atoms with Gasteiger partial charge in [0.05, 0.1) is 12.6 Å². The maximum absolute atomic E-state index is 2.53. The predicted molar refractivity (Wildman–Crippen MR) is 86.6 cm³/mol. The Bertz CT molecular complexity index is 362. The zero-order valence-electron chi connectivity index (χ0n) is 13.7. The smallest absolute Gasteiger partial charge is 0.127 e. The summed E-state index contributed by atoms with van der Waals surface area (Å²) in [5, 5.41) is 0. The molecule has 2 N–H and O–H groups in total. The Morgan fingerprint density at radius 1 is 0.810 bits per heavy atom. The van der Waals surface area contributed by atoms with Crippen molar-refractivity contribution in [2.45, 2.75) is 57.4 Å². The van der Waals surface area contributed by atoms with E-state index < -0.39 is 0 Å². The molecule has 1 aliphatic heterocycles. The molecule has 2 heteroatoms. The van der Waals surface area contributed by atoms with Crippen molar-refractivity contribution in [3.8, 4) is 0 Å². The Kier molecular flexibility index (Phi) is 4.36. The van der Waals surface area contributed by atoms with E-state index in [-0.39, 0.29) is 0 Å². The summed E-state index contributed by atoms with van der Waals surface area (Å²) in [7, 11) is 0. The third-order valence-electron chi connectivity index (χ3n) is 7.00. The number of fused-ring (bicyclic) bond motifs is 2. The molecule has 2 nitrogen and oxygen atoms in total. The van der Waals surface area contributed by atoms with Crippen molar-refractivity contribution in [3.05, 3.63) is 12.2 Å². The summed E-state index contributed by atoms with van der Waals surface area (Å²) in [6, 6.07) is 1.01. The summed E-state index contributed by atoms with van der Waals surface area (Å²) in [4.78, 5) is 3.90. The van der Waals surface area contributed by atoms with Gasteiger partial charge in [-0.15, -0.1) is 0 Å². The zero-order chi connectivity index (χ0) is 14.1. The molecule has 21 heavy (non-hydrogen) atoms. The summed E-state index contributed by atoms with van der Waals surface area (Å²) in [5.41, 5.74) is 0. The van der Waals surface area contributed by atoms with Crippen LogP contribution in [0.4, 0.5) is 0 Å². The number of nitrogens with one attached hydrogen (secondary N) is 2. The lowest BCUT2D eigenvalue weighted by Gasteiger charge is -2.35. The summed E-state index contributed by atoms with van der Waals surface area (Å²) in [6.45, 7) is 7.28. The van der Waals surface area contributed by atoms with Crippen LogP contribution in [0.1, 0.15) is 51.4 Å². The number of hydrogen-bond acceptors (Lipinski definition) is 0. The first-order valence-electron chi connectivity index (χ1n) is 9.75. The van der Waals surface area contributed by atoms with Crippen LogP contribution in [0, 0.1) is 17.8 Å². The molecule has 0 amide bonds. The van der Waals surface area contributed by atoms with E-state index in [0.717, 1.165) is 23.8 Å². The van der Waals surface area contributed by atoms with Gasteiger partial charge in [0, 0.05) is 5.92 Å². The average molecular weight is 290 g/mol. The van der Waals surface area contributed by atoms with E-state index in [1.807, 2.05) is 9.80 Å². The summed E-state index contributed by atoms with van der Waals surface area (Å²) in [5.74, 6) is 2.93. The van der Waals surface area contributed by atoms with E-state index in [1.165, 1.54) is 84.1 Å². The van der Waals surface area contributed by atoms with Gasteiger partial charge in [0.1, 0.15) is 26.2 Å². The molecule has 118 valence electrons. The molecule has 4 rings (SSSR count). The Balaban J connectivity index is 1.24. The maximum Gasteiger partial charge on any atom is 0.127 e.